The van der Waals surface area contributed by atoms with Gasteiger partial charge in [-0.3, -0.25) is 14.4 Å². The fourth-order valence-electron chi connectivity index (χ4n) is 7.23. The number of likely N-dealkylation sites (N-methyl/N-ethyl adjacent to an activating group) is 1. The minimum atomic E-state index is -0.671. The lowest BCUT2D eigenvalue weighted by Gasteiger charge is -2.41. The fourth-order valence-corrected chi connectivity index (χ4v) is 9.64. The molecule has 3 amide bonds. The molecule has 0 saturated carbocycles. The second-order valence-corrected chi connectivity index (χ2v) is 12.9. The van der Waals surface area contributed by atoms with Crippen LogP contribution in [0.15, 0.2) is 43.5 Å². The highest BCUT2D eigenvalue weighted by atomic mass is 32.2. The molecule has 2 bridgehead atoms. The lowest BCUT2D eigenvalue weighted by molar-refractivity contribution is -0.143. The van der Waals surface area contributed by atoms with Gasteiger partial charge in [-0.15, -0.1) is 24.9 Å². The molecule has 0 aromatic heterocycles. The van der Waals surface area contributed by atoms with Gasteiger partial charge in [-0.2, -0.15) is 0 Å². The summed E-state index contributed by atoms with van der Waals surface area (Å²) in [6.45, 7) is 15.2. The molecule has 3 saturated heterocycles. The van der Waals surface area contributed by atoms with Crippen LogP contribution in [0.4, 0.5) is 5.69 Å². The Hall–Kier alpha value is -2.58. The highest BCUT2D eigenvalue weighted by Gasteiger charge is 2.76. The van der Waals surface area contributed by atoms with E-state index in [1.54, 1.807) is 45.7 Å². The second-order valence-electron chi connectivity index (χ2n) is 11.4. The van der Waals surface area contributed by atoms with Crippen LogP contribution in [-0.2, 0) is 14.4 Å². The van der Waals surface area contributed by atoms with E-state index < -0.39 is 22.6 Å². The van der Waals surface area contributed by atoms with Gasteiger partial charge in [-0.1, -0.05) is 37.3 Å². The van der Waals surface area contributed by atoms with Gasteiger partial charge in [0.25, 0.3) is 5.91 Å². The summed E-state index contributed by atoms with van der Waals surface area (Å²) in [7, 11) is 1.76. The predicted octanol–water partition coefficient (Wildman–Crippen LogP) is 3.97. The number of aryl methyl sites for hydroxylation is 2. The van der Waals surface area contributed by atoms with Gasteiger partial charge in [0.05, 0.1) is 16.6 Å². The number of carbonyl (C=O) groups excluding carboxylic acids is 3. The number of rotatable bonds is 12. The molecular formula is C31H43N3O4S. The SMILES string of the molecule is C=CCN(C)C(=O)[C@@H]1[C@H]2C(=O)N(CCCCCO)C(C(=O)N(CC=C)c3c(C)cccc3C)C23S[C@@H]1CC3C. The Kier molecular flexibility index (Phi) is 8.96. The minimum Gasteiger partial charge on any atom is -0.396 e. The zero-order valence-corrected chi connectivity index (χ0v) is 24.6. The van der Waals surface area contributed by atoms with Crippen LogP contribution in [0.2, 0.25) is 0 Å². The van der Waals surface area contributed by atoms with Crippen molar-refractivity contribution in [3.05, 3.63) is 54.6 Å². The normalized spacial score (nSPS) is 28.9. The van der Waals surface area contributed by atoms with E-state index in [0.717, 1.165) is 29.7 Å². The van der Waals surface area contributed by atoms with Crippen molar-refractivity contribution in [2.24, 2.45) is 17.8 Å². The summed E-state index contributed by atoms with van der Waals surface area (Å²) in [5.74, 6) is -1.09. The molecule has 1 aromatic carbocycles. The topological polar surface area (TPSA) is 81.2 Å². The number of hydrogen-bond donors (Lipinski definition) is 1. The lowest BCUT2D eigenvalue weighted by Crippen LogP contribution is -2.57. The third kappa shape index (κ3) is 4.84. The Morgan fingerprint density at radius 3 is 2.41 bits per heavy atom. The van der Waals surface area contributed by atoms with Crippen LogP contribution in [-0.4, -0.2) is 82.0 Å². The number of anilines is 1. The summed E-state index contributed by atoms with van der Waals surface area (Å²) in [5, 5.41) is 9.31. The number of hydrogen-bond acceptors (Lipinski definition) is 5. The third-order valence-electron chi connectivity index (χ3n) is 8.89. The molecule has 0 radical (unpaired) electrons. The van der Waals surface area contributed by atoms with E-state index >= 15 is 0 Å². The van der Waals surface area contributed by atoms with Crippen molar-refractivity contribution in [1.82, 2.24) is 9.80 Å². The minimum absolute atomic E-state index is 0.00797. The first-order valence-corrected chi connectivity index (χ1v) is 15.0. The van der Waals surface area contributed by atoms with E-state index in [9.17, 15) is 19.5 Å². The number of carbonyl (C=O) groups is 3. The van der Waals surface area contributed by atoms with Crippen LogP contribution >= 0.6 is 11.8 Å². The summed E-state index contributed by atoms with van der Waals surface area (Å²) < 4.78 is -0.666. The Balaban J connectivity index is 1.80. The predicted molar refractivity (Wildman–Crippen MR) is 158 cm³/mol. The van der Waals surface area contributed by atoms with Gasteiger partial charge in [0.15, 0.2) is 0 Å². The van der Waals surface area contributed by atoms with E-state index in [1.807, 2.05) is 32.0 Å². The highest BCUT2D eigenvalue weighted by molar-refractivity contribution is 8.02. The van der Waals surface area contributed by atoms with Crippen molar-refractivity contribution in [1.29, 1.82) is 0 Å². The smallest absolute Gasteiger partial charge is 0.251 e. The Bertz CT molecular complexity index is 1120. The maximum atomic E-state index is 14.8. The van der Waals surface area contributed by atoms with Crippen molar-refractivity contribution in [3.63, 3.8) is 0 Å². The second kappa shape index (κ2) is 11.9. The van der Waals surface area contributed by atoms with Gasteiger partial charge in [0, 0.05) is 44.2 Å². The number of unbranched alkanes of at least 4 members (excludes halogenated alkanes) is 2. The monoisotopic (exact) mass is 553 g/mol. The van der Waals surface area contributed by atoms with Gasteiger partial charge in [-0.05, 0) is 56.6 Å². The summed E-state index contributed by atoms with van der Waals surface area (Å²) in [4.78, 5) is 48.1. The van der Waals surface area contributed by atoms with Gasteiger partial charge in [-0.25, -0.2) is 0 Å². The van der Waals surface area contributed by atoms with Crippen molar-refractivity contribution in [2.75, 3.05) is 38.2 Å². The van der Waals surface area contributed by atoms with Crippen LogP contribution < -0.4 is 4.90 Å². The largest absolute Gasteiger partial charge is 0.396 e. The molecule has 0 aliphatic carbocycles. The van der Waals surface area contributed by atoms with Crippen molar-refractivity contribution in [2.45, 2.75) is 62.5 Å². The first-order valence-electron chi connectivity index (χ1n) is 14.1. The Morgan fingerprint density at radius 1 is 1.13 bits per heavy atom. The van der Waals surface area contributed by atoms with Gasteiger partial charge in [0.1, 0.15) is 6.04 Å². The quantitative estimate of drug-likeness (QED) is 0.313. The summed E-state index contributed by atoms with van der Waals surface area (Å²) in [6, 6.07) is 5.32. The van der Waals surface area contributed by atoms with Crippen LogP contribution in [0.25, 0.3) is 0 Å². The maximum Gasteiger partial charge on any atom is 0.251 e. The average molecular weight is 554 g/mol. The number of likely N-dealkylation sites (tertiary alicyclic amines) is 1. The molecule has 1 aromatic rings. The standard InChI is InChI=1S/C31H43N3O4S/c1-7-15-32(6)28(36)24-23-19-22(5)31(39-23)25(24)29(37)34(17-10-9-11-18-35)27(31)30(38)33(16-8-2)26-20(3)13-12-14-21(26)4/h7-8,12-14,22-25,27,35H,1-2,9-11,15-19H2,3-6H3/t22?,23-,24+,25+,27?,31?/m1/s1. The number of amides is 3. The molecule has 6 atom stereocenters. The molecule has 3 unspecified atom stereocenters. The first-order chi connectivity index (χ1) is 18.6. The number of para-hydroxylation sites is 1. The molecule has 3 aliphatic rings. The van der Waals surface area contributed by atoms with E-state index in [2.05, 4.69) is 20.1 Å². The van der Waals surface area contributed by atoms with Crippen molar-refractivity contribution < 1.29 is 19.5 Å². The van der Waals surface area contributed by atoms with Gasteiger partial charge in [0.2, 0.25) is 11.8 Å². The van der Waals surface area contributed by atoms with Crippen molar-refractivity contribution >= 4 is 35.2 Å². The molecule has 3 fully saturated rings. The zero-order valence-electron chi connectivity index (χ0n) is 23.8. The van der Waals surface area contributed by atoms with Crippen LogP contribution in [0, 0.1) is 31.6 Å². The third-order valence-corrected chi connectivity index (χ3v) is 11.0. The number of thioether (sulfide) groups is 1. The molecule has 212 valence electrons. The van der Waals surface area contributed by atoms with Crippen LogP contribution in [0.3, 0.4) is 0 Å². The molecule has 4 rings (SSSR count). The number of aliphatic hydroxyl groups excluding tert-OH is 1. The molecule has 8 heteroatoms. The maximum absolute atomic E-state index is 14.8. The van der Waals surface area contributed by atoms with Crippen molar-refractivity contribution in [3.8, 4) is 0 Å². The van der Waals surface area contributed by atoms with E-state index in [4.69, 9.17) is 0 Å². The average Bonchev–Trinajstić information content (AvgIpc) is 3.49. The summed E-state index contributed by atoms with van der Waals surface area (Å²) in [6.07, 6.45) is 6.36. The number of aliphatic hydroxyl groups is 1. The van der Waals surface area contributed by atoms with Gasteiger partial charge >= 0.3 is 0 Å². The van der Waals surface area contributed by atoms with E-state index in [-0.39, 0.29) is 35.5 Å². The van der Waals surface area contributed by atoms with Gasteiger partial charge < -0.3 is 19.8 Å². The zero-order chi connectivity index (χ0) is 28.5. The lowest BCUT2D eigenvalue weighted by atomic mass is 9.65. The molecule has 7 nitrogen and oxygen atoms in total. The molecule has 1 N–H and O–H groups in total. The fraction of sp³-hybridized carbons (Fsp3) is 0.581. The van der Waals surface area contributed by atoms with E-state index in [1.165, 1.54) is 0 Å². The number of benzene rings is 1. The Morgan fingerprint density at radius 2 is 1.79 bits per heavy atom. The first kappa shape index (κ1) is 29.4. The number of nitrogens with zero attached hydrogens (tertiary/aromatic N) is 3. The number of fused-ring (bicyclic) bond motifs is 1. The molecule has 39 heavy (non-hydrogen) atoms. The molecule has 3 aliphatic heterocycles. The summed E-state index contributed by atoms with van der Waals surface area (Å²) in [5.41, 5.74) is 2.85. The van der Waals surface area contributed by atoms with Crippen LogP contribution in [0.5, 0.6) is 0 Å². The molecule has 1 spiro atoms. The Labute approximate surface area is 237 Å². The molecule has 3 heterocycles. The molecular weight excluding hydrogens is 510 g/mol. The highest BCUT2D eigenvalue weighted by Crippen LogP contribution is 2.69. The summed E-state index contributed by atoms with van der Waals surface area (Å²) >= 11 is 1.71. The van der Waals surface area contributed by atoms with Crippen LogP contribution in [0.1, 0.15) is 43.7 Å². The van der Waals surface area contributed by atoms with E-state index in [0.29, 0.717) is 32.5 Å².